The zero-order chi connectivity index (χ0) is 22.8. The van der Waals surface area contributed by atoms with Crippen molar-refractivity contribution in [2.75, 3.05) is 13.1 Å². The summed E-state index contributed by atoms with van der Waals surface area (Å²) >= 11 is 0. The van der Waals surface area contributed by atoms with Crippen molar-refractivity contribution >= 4 is 0 Å². The fraction of sp³-hybridized carbons (Fsp3) is 0.455. The van der Waals surface area contributed by atoms with Crippen LogP contribution in [-0.4, -0.2) is 23.5 Å². The smallest absolute Gasteiger partial charge is 0.0211 e. The Morgan fingerprint density at radius 3 is 2.09 bits per heavy atom. The van der Waals surface area contributed by atoms with Gasteiger partial charge in [-0.2, -0.15) is 0 Å². The van der Waals surface area contributed by atoms with Gasteiger partial charge in [0, 0.05) is 18.0 Å². The maximum atomic E-state index is 2.91. The molecule has 1 spiro atoms. The van der Waals surface area contributed by atoms with Crippen molar-refractivity contribution in [1.29, 1.82) is 0 Å². The zero-order valence-electron chi connectivity index (χ0n) is 20.5. The van der Waals surface area contributed by atoms with Gasteiger partial charge in [-0.3, -0.25) is 4.90 Å². The highest BCUT2D eigenvalue weighted by Gasteiger charge is 2.51. The Labute approximate surface area is 206 Å². The van der Waals surface area contributed by atoms with Crippen LogP contribution in [0.25, 0.3) is 0 Å². The lowest BCUT2D eigenvalue weighted by Gasteiger charge is -2.43. The lowest BCUT2D eigenvalue weighted by molar-refractivity contribution is 0.0825. The van der Waals surface area contributed by atoms with E-state index in [2.05, 4.69) is 89.8 Å². The van der Waals surface area contributed by atoms with Crippen LogP contribution in [0, 0.1) is 5.92 Å². The Morgan fingerprint density at radius 1 is 0.765 bits per heavy atom. The molecular weight excluding hydrogens is 410 g/mol. The van der Waals surface area contributed by atoms with Crippen molar-refractivity contribution in [3.05, 3.63) is 107 Å². The van der Waals surface area contributed by atoms with E-state index in [9.17, 15) is 0 Å². The van der Waals surface area contributed by atoms with E-state index in [0.29, 0.717) is 17.4 Å². The molecule has 34 heavy (non-hydrogen) atoms. The van der Waals surface area contributed by atoms with Crippen LogP contribution >= 0.6 is 0 Å². The topological polar surface area (TPSA) is 3.24 Å². The molecule has 3 aromatic carbocycles. The molecule has 2 aliphatic carbocycles. The van der Waals surface area contributed by atoms with E-state index in [-0.39, 0.29) is 0 Å². The van der Waals surface area contributed by atoms with Gasteiger partial charge < -0.3 is 0 Å². The van der Waals surface area contributed by atoms with Gasteiger partial charge >= 0.3 is 0 Å². The van der Waals surface area contributed by atoms with Gasteiger partial charge in [0.05, 0.1) is 0 Å². The molecule has 1 unspecified atom stereocenters. The molecule has 176 valence electrons. The monoisotopic (exact) mass is 449 g/mol. The number of rotatable bonds is 8. The molecule has 1 nitrogen and oxygen atoms in total. The van der Waals surface area contributed by atoms with E-state index in [4.69, 9.17) is 0 Å². The van der Waals surface area contributed by atoms with Crippen LogP contribution in [0.1, 0.15) is 85.5 Å². The first-order chi connectivity index (χ1) is 16.8. The molecule has 3 aliphatic rings. The molecule has 1 heterocycles. The van der Waals surface area contributed by atoms with E-state index in [1.54, 1.807) is 11.1 Å². The summed E-state index contributed by atoms with van der Waals surface area (Å²) in [6.45, 7) is 2.50. The normalized spacial score (nSPS) is 22.1. The van der Waals surface area contributed by atoms with Crippen LogP contribution in [-0.2, 0) is 6.42 Å². The highest BCUT2D eigenvalue weighted by Crippen LogP contribution is 2.52. The molecular formula is C33H39N. The molecule has 3 aromatic rings. The van der Waals surface area contributed by atoms with Crippen LogP contribution < -0.4 is 0 Å². The molecule has 2 saturated carbocycles. The number of benzene rings is 3. The standard InChI is InChI=1S/C33H39N/c1-3-12-28(13-4-1)32(29-14-5-2-6-15-29)31-19-20-33(21-22-33)34(25-31)23-9-11-26-10-7-18-30(24-26)27-16-8-17-27/h1-7,10,12-15,18,24,27,31-32H,8-9,11,16-17,19-23,25H2. The lowest BCUT2D eigenvalue weighted by atomic mass is 9.75. The van der Waals surface area contributed by atoms with E-state index in [1.807, 2.05) is 0 Å². The number of hydrogen-bond acceptors (Lipinski definition) is 1. The SMILES string of the molecule is c1ccc(C(c2ccccc2)C2CCC3(CC3)N(CCCc3cccc(C4CCC4)c3)C2)cc1. The molecule has 6 rings (SSSR count). The molecule has 3 fully saturated rings. The Hall–Kier alpha value is -2.38. The van der Waals surface area contributed by atoms with Gasteiger partial charge in [0.25, 0.3) is 0 Å². The van der Waals surface area contributed by atoms with Crippen LogP contribution in [0.15, 0.2) is 84.9 Å². The summed E-state index contributed by atoms with van der Waals surface area (Å²) in [5.41, 5.74) is 6.64. The van der Waals surface area contributed by atoms with Crippen molar-refractivity contribution in [2.24, 2.45) is 5.92 Å². The summed E-state index contributed by atoms with van der Waals surface area (Å²) in [5.74, 6) is 2.03. The fourth-order valence-electron chi connectivity index (χ4n) is 6.77. The average Bonchev–Trinajstić information content (AvgIpc) is 3.62. The maximum absolute atomic E-state index is 2.91. The van der Waals surface area contributed by atoms with Crippen LogP contribution in [0.3, 0.4) is 0 Å². The van der Waals surface area contributed by atoms with Crippen LogP contribution in [0.2, 0.25) is 0 Å². The summed E-state index contributed by atoms with van der Waals surface area (Å²) in [7, 11) is 0. The lowest BCUT2D eigenvalue weighted by Crippen LogP contribution is -2.47. The Morgan fingerprint density at radius 2 is 1.47 bits per heavy atom. The number of piperidine rings is 1. The van der Waals surface area contributed by atoms with E-state index in [0.717, 1.165) is 5.92 Å². The molecule has 1 saturated heterocycles. The molecule has 0 N–H and O–H groups in total. The van der Waals surface area contributed by atoms with E-state index >= 15 is 0 Å². The molecule has 1 heteroatoms. The summed E-state index contributed by atoms with van der Waals surface area (Å²) in [6, 6.07) is 32.1. The minimum atomic E-state index is 0.500. The quantitative estimate of drug-likeness (QED) is 0.337. The van der Waals surface area contributed by atoms with Crippen molar-refractivity contribution in [1.82, 2.24) is 4.90 Å². The van der Waals surface area contributed by atoms with Crippen molar-refractivity contribution < 1.29 is 0 Å². The van der Waals surface area contributed by atoms with Gasteiger partial charge in [-0.25, -0.2) is 0 Å². The van der Waals surface area contributed by atoms with Crippen LogP contribution in [0.4, 0.5) is 0 Å². The molecule has 1 aliphatic heterocycles. The number of likely N-dealkylation sites (tertiary alicyclic amines) is 1. The zero-order valence-corrected chi connectivity index (χ0v) is 20.5. The number of aryl methyl sites for hydroxylation is 1. The molecule has 0 amide bonds. The molecule has 1 atom stereocenters. The second-order valence-electron chi connectivity index (χ2n) is 11.2. The first-order valence-corrected chi connectivity index (χ1v) is 13.7. The average molecular weight is 450 g/mol. The highest BCUT2D eigenvalue weighted by atomic mass is 15.2. The number of hydrogen-bond donors (Lipinski definition) is 0. The van der Waals surface area contributed by atoms with Gasteiger partial charge in [-0.05, 0) is 92.0 Å². The summed E-state index contributed by atoms with van der Waals surface area (Å²) in [4.78, 5) is 2.91. The minimum absolute atomic E-state index is 0.500. The second-order valence-corrected chi connectivity index (χ2v) is 11.2. The molecule has 0 radical (unpaired) electrons. The third-order valence-electron chi connectivity index (χ3n) is 9.14. The predicted molar refractivity (Wildman–Crippen MR) is 142 cm³/mol. The molecule has 0 bridgehead atoms. The van der Waals surface area contributed by atoms with Gasteiger partial charge in [-0.1, -0.05) is 91.3 Å². The van der Waals surface area contributed by atoms with E-state index < -0.39 is 0 Å². The van der Waals surface area contributed by atoms with Crippen LogP contribution in [0.5, 0.6) is 0 Å². The summed E-state index contributed by atoms with van der Waals surface area (Å²) in [6.07, 6.45) is 12.3. The third-order valence-corrected chi connectivity index (χ3v) is 9.14. The Bertz CT molecular complexity index is 1020. The third kappa shape index (κ3) is 4.60. The van der Waals surface area contributed by atoms with Gasteiger partial charge in [-0.15, -0.1) is 0 Å². The van der Waals surface area contributed by atoms with Crippen molar-refractivity contribution in [3.8, 4) is 0 Å². The first kappa shape index (κ1) is 22.1. The largest absolute Gasteiger partial charge is 0.297 e. The van der Waals surface area contributed by atoms with Gasteiger partial charge in [0.1, 0.15) is 0 Å². The number of nitrogens with zero attached hydrogens (tertiary/aromatic N) is 1. The van der Waals surface area contributed by atoms with Crippen molar-refractivity contribution in [3.63, 3.8) is 0 Å². The predicted octanol–water partition coefficient (Wildman–Crippen LogP) is 7.96. The highest BCUT2D eigenvalue weighted by molar-refractivity contribution is 5.34. The van der Waals surface area contributed by atoms with Crippen molar-refractivity contribution in [2.45, 2.75) is 75.2 Å². The summed E-state index contributed by atoms with van der Waals surface area (Å²) < 4.78 is 0. The van der Waals surface area contributed by atoms with Gasteiger partial charge in [0.2, 0.25) is 0 Å². The summed E-state index contributed by atoms with van der Waals surface area (Å²) in [5, 5.41) is 0. The Kier molecular flexibility index (Phi) is 6.31. The first-order valence-electron chi connectivity index (χ1n) is 13.7. The molecule has 0 aromatic heterocycles. The Balaban J connectivity index is 1.15. The fourth-order valence-corrected chi connectivity index (χ4v) is 6.77. The second kappa shape index (κ2) is 9.70. The van der Waals surface area contributed by atoms with E-state index in [1.165, 1.54) is 82.0 Å². The minimum Gasteiger partial charge on any atom is -0.297 e. The van der Waals surface area contributed by atoms with Gasteiger partial charge in [0.15, 0.2) is 0 Å². The maximum Gasteiger partial charge on any atom is 0.0211 e.